The van der Waals surface area contributed by atoms with E-state index in [1.165, 1.54) is 6.07 Å². The summed E-state index contributed by atoms with van der Waals surface area (Å²) in [6, 6.07) is 11.0. The lowest BCUT2D eigenvalue weighted by atomic mass is 10.0. The fourth-order valence-electron chi connectivity index (χ4n) is 3.86. The van der Waals surface area contributed by atoms with Crippen molar-refractivity contribution in [3.05, 3.63) is 74.9 Å². The van der Waals surface area contributed by atoms with Gasteiger partial charge in [0.1, 0.15) is 5.82 Å². The van der Waals surface area contributed by atoms with Crippen molar-refractivity contribution in [3.8, 4) is 0 Å². The van der Waals surface area contributed by atoms with Crippen molar-refractivity contribution in [2.75, 3.05) is 19.6 Å². The molecule has 0 spiro atoms. The number of carbonyl (C=O) groups is 1. The molecule has 1 atom stereocenters. The third-order valence-electron chi connectivity index (χ3n) is 5.28. The number of benzene rings is 2. The maximum Gasteiger partial charge on any atom is 0.272 e. The van der Waals surface area contributed by atoms with Crippen LogP contribution in [0.15, 0.2) is 47.3 Å². The zero-order valence-corrected chi connectivity index (χ0v) is 16.4. The Hall–Kier alpha value is -2.77. The van der Waals surface area contributed by atoms with Crippen LogP contribution in [-0.4, -0.2) is 40.6 Å². The molecule has 2 aromatic carbocycles. The minimum atomic E-state index is -0.436. The van der Waals surface area contributed by atoms with Gasteiger partial charge in [-0.3, -0.25) is 14.5 Å². The van der Waals surface area contributed by atoms with Crippen molar-refractivity contribution in [2.24, 2.45) is 0 Å². The van der Waals surface area contributed by atoms with Crippen molar-refractivity contribution >= 4 is 28.3 Å². The third-order valence-corrected chi connectivity index (χ3v) is 5.61. The van der Waals surface area contributed by atoms with E-state index in [1.54, 1.807) is 36.4 Å². The Morgan fingerprint density at radius 1 is 1.17 bits per heavy atom. The van der Waals surface area contributed by atoms with Gasteiger partial charge in [0.05, 0.1) is 11.4 Å². The van der Waals surface area contributed by atoms with Crippen molar-refractivity contribution in [1.29, 1.82) is 0 Å². The van der Waals surface area contributed by atoms with Gasteiger partial charge in [-0.1, -0.05) is 35.9 Å². The Bertz CT molecular complexity index is 1090. The summed E-state index contributed by atoms with van der Waals surface area (Å²) in [5, 5.41) is 10.3. The summed E-state index contributed by atoms with van der Waals surface area (Å²) in [7, 11) is 0. The summed E-state index contributed by atoms with van der Waals surface area (Å²) in [6.45, 7) is 1.80. The minimum Gasteiger partial charge on any atom is -0.349 e. The molecule has 0 bridgehead atoms. The fourth-order valence-corrected chi connectivity index (χ4v) is 4.15. The lowest BCUT2D eigenvalue weighted by Gasteiger charge is -2.29. The molecule has 6 nitrogen and oxygen atoms in total. The number of rotatable bonds is 5. The Balaban J connectivity index is 1.62. The number of aromatic amines is 1. The molecule has 2 heterocycles. The number of fused-ring (bicyclic) bond motifs is 1. The largest absolute Gasteiger partial charge is 0.349 e. The molecular formula is C21H20ClFN4O2. The minimum absolute atomic E-state index is 0.125. The van der Waals surface area contributed by atoms with Gasteiger partial charge in [0.15, 0.2) is 5.69 Å². The highest BCUT2D eigenvalue weighted by Crippen LogP contribution is 2.32. The first-order valence-corrected chi connectivity index (χ1v) is 9.87. The third kappa shape index (κ3) is 3.88. The Morgan fingerprint density at radius 2 is 1.90 bits per heavy atom. The van der Waals surface area contributed by atoms with E-state index < -0.39 is 11.7 Å². The van der Waals surface area contributed by atoms with Crippen LogP contribution in [0.5, 0.6) is 0 Å². The van der Waals surface area contributed by atoms with Crippen LogP contribution in [-0.2, 0) is 0 Å². The number of likely N-dealkylation sites (tertiary alicyclic amines) is 1. The first-order chi connectivity index (χ1) is 14.1. The Labute approximate surface area is 171 Å². The Kier molecular flexibility index (Phi) is 5.60. The number of hydrogen-bond donors (Lipinski definition) is 2. The number of halogens is 2. The fraction of sp³-hybridized carbons (Fsp3) is 0.286. The topological polar surface area (TPSA) is 78.1 Å². The van der Waals surface area contributed by atoms with Gasteiger partial charge in [-0.2, -0.15) is 5.10 Å². The molecule has 2 N–H and O–H groups in total. The SMILES string of the molecule is O=C(NCC(c1c(F)cccc1Cl)N1CCCC1)c1n[nH]c(=O)c2ccccc12. The van der Waals surface area contributed by atoms with Gasteiger partial charge in [0.2, 0.25) is 0 Å². The van der Waals surface area contributed by atoms with Gasteiger partial charge in [0.25, 0.3) is 11.5 Å². The molecule has 1 amide bonds. The van der Waals surface area contributed by atoms with Gasteiger partial charge < -0.3 is 5.32 Å². The van der Waals surface area contributed by atoms with Crippen molar-refractivity contribution in [2.45, 2.75) is 18.9 Å². The molecule has 29 heavy (non-hydrogen) atoms. The van der Waals surface area contributed by atoms with Crippen molar-refractivity contribution in [3.63, 3.8) is 0 Å². The average Bonchev–Trinajstić information content (AvgIpc) is 3.25. The number of hydrogen-bond acceptors (Lipinski definition) is 4. The lowest BCUT2D eigenvalue weighted by Crippen LogP contribution is -2.38. The summed E-state index contributed by atoms with van der Waals surface area (Å²) in [6.07, 6.45) is 2.03. The van der Waals surface area contributed by atoms with E-state index in [2.05, 4.69) is 20.4 Å². The number of nitrogens with one attached hydrogen (secondary N) is 2. The zero-order valence-electron chi connectivity index (χ0n) is 15.6. The van der Waals surface area contributed by atoms with Crippen LogP contribution in [0.4, 0.5) is 4.39 Å². The molecule has 1 saturated heterocycles. The highest BCUT2D eigenvalue weighted by atomic mass is 35.5. The lowest BCUT2D eigenvalue weighted by molar-refractivity contribution is 0.0933. The van der Waals surface area contributed by atoms with Gasteiger partial charge in [-0.15, -0.1) is 0 Å². The van der Waals surface area contributed by atoms with Crippen molar-refractivity contribution in [1.82, 2.24) is 20.4 Å². The van der Waals surface area contributed by atoms with E-state index in [0.717, 1.165) is 25.9 Å². The predicted molar refractivity (Wildman–Crippen MR) is 110 cm³/mol. The molecule has 1 fully saturated rings. The molecule has 8 heteroatoms. The van der Waals surface area contributed by atoms with Crippen LogP contribution in [0, 0.1) is 5.82 Å². The number of carbonyl (C=O) groups excluding carboxylic acids is 1. The second-order valence-corrected chi connectivity index (χ2v) is 7.46. The van der Waals surface area contributed by atoms with Crippen LogP contribution >= 0.6 is 11.6 Å². The first-order valence-electron chi connectivity index (χ1n) is 9.50. The maximum absolute atomic E-state index is 14.6. The molecule has 4 rings (SSSR count). The standard InChI is InChI=1S/C21H20ClFN4O2/c22-15-8-5-9-16(23)18(15)17(27-10-3-4-11-27)12-24-21(29)19-13-6-1-2-7-14(13)20(28)26-25-19/h1-2,5-9,17H,3-4,10-12H2,(H,24,29)(H,26,28). The van der Waals surface area contributed by atoms with Gasteiger partial charge in [-0.25, -0.2) is 9.49 Å². The second kappa shape index (κ2) is 8.31. The quantitative estimate of drug-likeness (QED) is 0.671. The molecular weight excluding hydrogens is 395 g/mol. The van der Waals surface area contributed by atoms with Crippen molar-refractivity contribution < 1.29 is 9.18 Å². The molecule has 1 aliphatic rings. The highest BCUT2D eigenvalue weighted by molar-refractivity contribution is 6.31. The molecule has 1 aromatic heterocycles. The van der Waals surface area contributed by atoms with Gasteiger partial charge >= 0.3 is 0 Å². The molecule has 3 aromatic rings. The number of H-pyrrole nitrogens is 1. The maximum atomic E-state index is 14.6. The smallest absolute Gasteiger partial charge is 0.272 e. The molecule has 1 unspecified atom stereocenters. The highest BCUT2D eigenvalue weighted by Gasteiger charge is 2.28. The van der Waals surface area contributed by atoms with E-state index in [1.807, 2.05) is 0 Å². The van der Waals surface area contributed by atoms with Crippen LogP contribution in [0.1, 0.15) is 34.9 Å². The summed E-state index contributed by atoms with van der Waals surface area (Å²) >= 11 is 6.30. The summed E-state index contributed by atoms with van der Waals surface area (Å²) in [5.74, 6) is -0.828. The van der Waals surface area contributed by atoms with Gasteiger partial charge in [-0.05, 0) is 44.1 Å². The van der Waals surface area contributed by atoms with E-state index >= 15 is 0 Å². The van der Waals surface area contributed by atoms with Crippen LogP contribution in [0.2, 0.25) is 5.02 Å². The summed E-state index contributed by atoms with van der Waals surface area (Å²) in [4.78, 5) is 26.9. The van der Waals surface area contributed by atoms with E-state index in [4.69, 9.17) is 11.6 Å². The van der Waals surface area contributed by atoms with Crippen LogP contribution in [0.25, 0.3) is 10.8 Å². The molecule has 0 radical (unpaired) electrons. The molecule has 0 aliphatic carbocycles. The first kappa shape index (κ1) is 19.5. The zero-order chi connectivity index (χ0) is 20.4. The van der Waals surface area contributed by atoms with Crippen LogP contribution < -0.4 is 10.9 Å². The predicted octanol–water partition coefficient (Wildman–Crippen LogP) is 3.28. The van der Waals surface area contributed by atoms with Crippen LogP contribution in [0.3, 0.4) is 0 Å². The van der Waals surface area contributed by atoms with E-state index in [-0.39, 0.29) is 23.8 Å². The monoisotopic (exact) mass is 414 g/mol. The van der Waals surface area contributed by atoms with Gasteiger partial charge in [0, 0.05) is 22.5 Å². The molecule has 0 saturated carbocycles. The van der Waals surface area contributed by atoms with E-state index in [9.17, 15) is 14.0 Å². The average molecular weight is 415 g/mol. The number of aromatic nitrogens is 2. The molecule has 150 valence electrons. The summed E-state index contributed by atoms with van der Waals surface area (Å²) in [5.41, 5.74) is 0.154. The number of nitrogens with zero attached hydrogens (tertiary/aromatic N) is 2. The Morgan fingerprint density at radius 3 is 2.62 bits per heavy atom. The second-order valence-electron chi connectivity index (χ2n) is 7.05. The normalized spacial score (nSPS) is 15.5. The number of amides is 1. The molecule has 1 aliphatic heterocycles. The van der Waals surface area contributed by atoms with E-state index in [0.29, 0.717) is 21.4 Å². The summed E-state index contributed by atoms with van der Waals surface area (Å²) < 4.78 is 14.6.